The van der Waals surface area contributed by atoms with Crippen molar-refractivity contribution in [3.8, 4) is 11.4 Å². The summed E-state index contributed by atoms with van der Waals surface area (Å²) in [5.41, 5.74) is 1.61. The number of nitrogens with zero attached hydrogens (tertiary/aromatic N) is 4. The Labute approximate surface area is 133 Å². The van der Waals surface area contributed by atoms with Crippen LogP contribution in [0, 0.1) is 0 Å². The van der Waals surface area contributed by atoms with Gasteiger partial charge in [0.05, 0.1) is 12.6 Å². The van der Waals surface area contributed by atoms with E-state index < -0.39 is 6.10 Å². The zero-order valence-corrected chi connectivity index (χ0v) is 12.6. The number of rotatable bonds is 4. The number of ether oxygens (including phenoxy) is 1. The first-order chi connectivity index (χ1) is 11.3. The Morgan fingerprint density at radius 1 is 1.39 bits per heavy atom. The number of hydrogen-bond donors (Lipinski definition) is 2. The number of tetrazole rings is 1. The third-order valence-corrected chi connectivity index (χ3v) is 3.99. The van der Waals surface area contributed by atoms with Crippen molar-refractivity contribution in [2.24, 2.45) is 0 Å². The molecule has 8 nitrogen and oxygen atoms in total. The SMILES string of the molecule is O=C(Nc1cccc(-c2nnnn2C2CC2)c1)C1CNCCO1. The first-order valence-electron chi connectivity index (χ1n) is 7.83. The number of carbonyl (C=O) groups excluding carboxylic acids is 1. The fourth-order valence-electron chi connectivity index (χ4n) is 2.64. The fraction of sp³-hybridized carbons (Fsp3) is 0.467. The van der Waals surface area contributed by atoms with Gasteiger partial charge in [0, 0.05) is 24.3 Å². The van der Waals surface area contributed by atoms with E-state index in [1.54, 1.807) is 0 Å². The molecule has 1 aromatic heterocycles. The molecular formula is C15H18N6O2. The van der Waals surface area contributed by atoms with Gasteiger partial charge in [0.15, 0.2) is 5.82 Å². The molecule has 2 aromatic rings. The molecule has 4 rings (SSSR count). The molecule has 1 amide bonds. The molecule has 1 unspecified atom stereocenters. The molecule has 0 radical (unpaired) electrons. The summed E-state index contributed by atoms with van der Waals surface area (Å²) in [5.74, 6) is 0.593. The first-order valence-corrected chi connectivity index (χ1v) is 7.83. The summed E-state index contributed by atoms with van der Waals surface area (Å²) in [4.78, 5) is 12.2. The molecule has 1 saturated heterocycles. The van der Waals surface area contributed by atoms with Gasteiger partial charge >= 0.3 is 0 Å². The molecule has 1 saturated carbocycles. The lowest BCUT2D eigenvalue weighted by atomic mass is 10.1. The van der Waals surface area contributed by atoms with Gasteiger partial charge in [-0.3, -0.25) is 4.79 Å². The van der Waals surface area contributed by atoms with Crippen molar-refractivity contribution in [3.05, 3.63) is 24.3 Å². The number of benzene rings is 1. The summed E-state index contributed by atoms with van der Waals surface area (Å²) in [6.07, 6.45) is 1.77. The Kier molecular flexibility index (Phi) is 3.76. The van der Waals surface area contributed by atoms with Gasteiger partial charge in [0.2, 0.25) is 0 Å². The summed E-state index contributed by atoms with van der Waals surface area (Å²) in [6, 6.07) is 7.97. The molecule has 1 aliphatic heterocycles. The van der Waals surface area contributed by atoms with E-state index >= 15 is 0 Å². The summed E-state index contributed by atoms with van der Waals surface area (Å²) >= 11 is 0. The van der Waals surface area contributed by atoms with Crippen LogP contribution in [0.4, 0.5) is 5.69 Å². The van der Waals surface area contributed by atoms with Crippen LogP contribution in [0.5, 0.6) is 0 Å². The molecule has 2 N–H and O–H groups in total. The minimum atomic E-state index is -0.454. The average molecular weight is 314 g/mol. The number of nitrogens with one attached hydrogen (secondary N) is 2. The van der Waals surface area contributed by atoms with Gasteiger partial charge in [-0.15, -0.1) is 5.10 Å². The van der Waals surface area contributed by atoms with E-state index in [0.717, 1.165) is 30.8 Å². The minimum absolute atomic E-state index is 0.142. The van der Waals surface area contributed by atoms with Gasteiger partial charge in [0.25, 0.3) is 5.91 Å². The fourth-order valence-corrected chi connectivity index (χ4v) is 2.64. The molecule has 2 fully saturated rings. The van der Waals surface area contributed by atoms with E-state index in [1.807, 2.05) is 28.9 Å². The van der Waals surface area contributed by atoms with Crippen molar-refractivity contribution in [2.75, 3.05) is 25.0 Å². The monoisotopic (exact) mass is 314 g/mol. The van der Waals surface area contributed by atoms with Crippen molar-refractivity contribution in [1.82, 2.24) is 25.5 Å². The summed E-state index contributed by atoms with van der Waals surface area (Å²) in [5, 5.41) is 18.0. The van der Waals surface area contributed by atoms with Crippen molar-refractivity contribution < 1.29 is 9.53 Å². The smallest absolute Gasteiger partial charge is 0.254 e. The molecule has 120 valence electrons. The summed E-state index contributed by atoms with van der Waals surface area (Å²) in [7, 11) is 0. The molecular weight excluding hydrogens is 296 g/mol. The lowest BCUT2D eigenvalue weighted by Crippen LogP contribution is -2.45. The second-order valence-corrected chi connectivity index (χ2v) is 5.81. The largest absolute Gasteiger partial charge is 0.366 e. The van der Waals surface area contributed by atoms with Crippen LogP contribution in [0.3, 0.4) is 0 Å². The average Bonchev–Trinajstić information content (AvgIpc) is 3.32. The zero-order chi connectivity index (χ0) is 15.6. The Bertz CT molecular complexity index is 705. The molecule has 2 aliphatic rings. The van der Waals surface area contributed by atoms with Crippen LogP contribution in [0.25, 0.3) is 11.4 Å². The van der Waals surface area contributed by atoms with Gasteiger partial charge < -0.3 is 15.4 Å². The van der Waals surface area contributed by atoms with Crippen molar-refractivity contribution in [1.29, 1.82) is 0 Å². The number of carbonyl (C=O) groups is 1. The van der Waals surface area contributed by atoms with Crippen molar-refractivity contribution >= 4 is 11.6 Å². The Balaban J connectivity index is 1.51. The van der Waals surface area contributed by atoms with E-state index in [0.29, 0.717) is 24.9 Å². The van der Waals surface area contributed by atoms with Gasteiger partial charge in [-0.05, 0) is 35.4 Å². The molecule has 1 aromatic carbocycles. The number of hydrogen-bond acceptors (Lipinski definition) is 6. The predicted octanol–water partition coefficient (Wildman–Crippen LogP) is 0.602. The lowest BCUT2D eigenvalue weighted by molar-refractivity contribution is -0.128. The van der Waals surface area contributed by atoms with Crippen molar-refractivity contribution in [3.63, 3.8) is 0 Å². The second-order valence-electron chi connectivity index (χ2n) is 5.81. The topological polar surface area (TPSA) is 94.0 Å². The molecule has 2 heterocycles. The quantitative estimate of drug-likeness (QED) is 0.858. The van der Waals surface area contributed by atoms with E-state index in [2.05, 4.69) is 26.2 Å². The van der Waals surface area contributed by atoms with E-state index in [-0.39, 0.29) is 5.91 Å². The minimum Gasteiger partial charge on any atom is -0.366 e. The highest BCUT2D eigenvalue weighted by molar-refractivity contribution is 5.94. The predicted molar refractivity (Wildman–Crippen MR) is 82.8 cm³/mol. The highest BCUT2D eigenvalue weighted by atomic mass is 16.5. The number of aromatic nitrogens is 4. The van der Waals surface area contributed by atoms with Crippen LogP contribution in [-0.4, -0.2) is 51.9 Å². The summed E-state index contributed by atoms with van der Waals surface area (Å²) < 4.78 is 7.32. The third-order valence-electron chi connectivity index (χ3n) is 3.99. The second kappa shape index (κ2) is 6.05. The maximum Gasteiger partial charge on any atom is 0.254 e. The normalized spacial score (nSPS) is 21.1. The lowest BCUT2D eigenvalue weighted by Gasteiger charge is -2.22. The maximum absolute atomic E-state index is 12.2. The number of anilines is 1. The molecule has 0 bridgehead atoms. The molecule has 8 heteroatoms. The number of amides is 1. The van der Waals surface area contributed by atoms with Crippen LogP contribution in [0.2, 0.25) is 0 Å². The number of morpholine rings is 1. The Hall–Kier alpha value is -2.32. The first kappa shape index (κ1) is 14.3. The summed E-state index contributed by atoms with van der Waals surface area (Å²) in [6.45, 7) is 1.86. The van der Waals surface area contributed by atoms with Crippen LogP contribution >= 0.6 is 0 Å². The highest BCUT2D eigenvalue weighted by Gasteiger charge is 2.28. The van der Waals surface area contributed by atoms with E-state index in [1.165, 1.54) is 0 Å². The van der Waals surface area contributed by atoms with Crippen LogP contribution in [0.15, 0.2) is 24.3 Å². The van der Waals surface area contributed by atoms with E-state index in [4.69, 9.17) is 4.74 Å². The standard InChI is InChI=1S/C15H18N6O2/c22-15(13-9-16-6-7-23-13)17-11-3-1-2-10(8-11)14-18-19-20-21(14)12-4-5-12/h1-3,8,12-13,16H,4-7,9H2,(H,17,22). The highest BCUT2D eigenvalue weighted by Crippen LogP contribution is 2.36. The third kappa shape index (κ3) is 3.08. The molecule has 0 spiro atoms. The van der Waals surface area contributed by atoms with Crippen LogP contribution < -0.4 is 10.6 Å². The van der Waals surface area contributed by atoms with Crippen LogP contribution in [0.1, 0.15) is 18.9 Å². The maximum atomic E-state index is 12.2. The van der Waals surface area contributed by atoms with E-state index in [9.17, 15) is 4.79 Å². The molecule has 1 atom stereocenters. The zero-order valence-electron chi connectivity index (χ0n) is 12.6. The van der Waals surface area contributed by atoms with Crippen LogP contribution in [-0.2, 0) is 9.53 Å². The Morgan fingerprint density at radius 3 is 3.09 bits per heavy atom. The van der Waals surface area contributed by atoms with Gasteiger partial charge in [-0.2, -0.15) is 0 Å². The van der Waals surface area contributed by atoms with Gasteiger partial charge in [0.1, 0.15) is 6.10 Å². The Morgan fingerprint density at radius 2 is 2.30 bits per heavy atom. The van der Waals surface area contributed by atoms with Gasteiger partial charge in [-0.25, -0.2) is 4.68 Å². The van der Waals surface area contributed by atoms with Gasteiger partial charge in [-0.1, -0.05) is 12.1 Å². The van der Waals surface area contributed by atoms with Crippen molar-refractivity contribution in [2.45, 2.75) is 25.0 Å². The molecule has 23 heavy (non-hydrogen) atoms. The molecule has 1 aliphatic carbocycles.